The van der Waals surface area contributed by atoms with Crippen LogP contribution in [0.1, 0.15) is 30.9 Å². The van der Waals surface area contributed by atoms with Crippen LogP contribution in [0.2, 0.25) is 0 Å². The first kappa shape index (κ1) is 12.9. The molecular weight excluding hydrogens is 222 g/mol. The molecule has 0 radical (unpaired) electrons. The van der Waals surface area contributed by atoms with Crippen molar-refractivity contribution in [1.29, 1.82) is 5.26 Å². The lowest BCUT2D eigenvalue weighted by atomic mass is 10.1. The van der Waals surface area contributed by atoms with E-state index in [2.05, 4.69) is 23.2 Å². The third kappa shape index (κ3) is 3.02. The van der Waals surface area contributed by atoms with Gasteiger partial charge in [-0.2, -0.15) is 5.26 Å². The summed E-state index contributed by atoms with van der Waals surface area (Å²) in [6.45, 7) is 7.34. The SMILES string of the molecule is CCN(CCNc1c(C)cccc1C#N)C1CC1. The third-order valence-corrected chi connectivity index (χ3v) is 3.56. The standard InChI is InChI=1S/C15H21N3/c1-3-18(14-7-8-14)10-9-17-15-12(2)5-4-6-13(15)11-16/h4-6,14,17H,3,7-10H2,1-2H3. The Hall–Kier alpha value is -1.53. The Kier molecular flexibility index (Phi) is 4.22. The van der Waals surface area contributed by atoms with Crippen LogP contribution in [0.5, 0.6) is 0 Å². The zero-order valence-electron chi connectivity index (χ0n) is 11.2. The van der Waals surface area contributed by atoms with Gasteiger partial charge in [0, 0.05) is 19.1 Å². The van der Waals surface area contributed by atoms with Crippen LogP contribution < -0.4 is 5.32 Å². The highest BCUT2D eigenvalue weighted by Gasteiger charge is 2.27. The Morgan fingerprint density at radius 1 is 1.44 bits per heavy atom. The number of hydrogen-bond acceptors (Lipinski definition) is 3. The summed E-state index contributed by atoms with van der Waals surface area (Å²) in [4.78, 5) is 2.51. The first-order valence-corrected chi connectivity index (χ1v) is 6.74. The molecule has 0 aromatic heterocycles. The van der Waals surface area contributed by atoms with Crippen molar-refractivity contribution in [2.24, 2.45) is 0 Å². The van der Waals surface area contributed by atoms with Crippen LogP contribution in [0.3, 0.4) is 0 Å². The summed E-state index contributed by atoms with van der Waals surface area (Å²) in [5.41, 5.74) is 2.87. The lowest BCUT2D eigenvalue weighted by Crippen LogP contribution is -2.31. The van der Waals surface area contributed by atoms with Gasteiger partial charge in [0.2, 0.25) is 0 Å². The number of anilines is 1. The minimum Gasteiger partial charge on any atom is -0.382 e. The van der Waals surface area contributed by atoms with Crippen molar-refractivity contribution in [3.05, 3.63) is 29.3 Å². The smallest absolute Gasteiger partial charge is 0.101 e. The molecule has 0 atom stereocenters. The molecule has 1 aliphatic carbocycles. The van der Waals surface area contributed by atoms with Gasteiger partial charge in [0.1, 0.15) is 6.07 Å². The van der Waals surface area contributed by atoms with Gasteiger partial charge in [-0.15, -0.1) is 0 Å². The minimum absolute atomic E-state index is 0.740. The molecule has 3 heteroatoms. The van der Waals surface area contributed by atoms with Gasteiger partial charge in [0.25, 0.3) is 0 Å². The van der Waals surface area contributed by atoms with Crippen LogP contribution in [0.4, 0.5) is 5.69 Å². The molecule has 0 bridgehead atoms. The van der Waals surface area contributed by atoms with Crippen molar-refractivity contribution >= 4 is 5.69 Å². The van der Waals surface area contributed by atoms with E-state index in [9.17, 15) is 0 Å². The monoisotopic (exact) mass is 243 g/mol. The van der Waals surface area contributed by atoms with Gasteiger partial charge in [0.05, 0.1) is 11.3 Å². The van der Waals surface area contributed by atoms with Crippen molar-refractivity contribution in [2.45, 2.75) is 32.7 Å². The quantitative estimate of drug-likeness (QED) is 0.835. The van der Waals surface area contributed by atoms with Crippen LogP contribution in [0.15, 0.2) is 18.2 Å². The van der Waals surface area contributed by atoms with E-state index in [1.54, 1.807) is 0 Å². The maximum atomic E-state index is 9.10. The molecule has 0 heterocycles. The molecule has 1 aliphatic rings. The minimum atomic E-state index is 0.740. The molecule has 1 saturated carbocycles. The first-order chi connectivity index (χ1) is 8.76. The summed E-state index contributed by atoms with van der Waals surface area (Å²) in [6, 6.07) is 8.90. The molecule has 96 valence electrons. The van der Waals surface area contributed by atoms with E-state index in [1.807, 2.05) is 25.1 Å². The fourth-order valence-corrected chi connectivity index (χ4v) is 2.36. The lowest BCUT2D eigenvalue weighted by molar-refractivity contribution is 0.289. The topological polar surface area (TPSA) is 39.1 Å². The molecule has 1 aromatic rings. The normalized spacial score (nSPS) is 14.6. The number of nitriles is 1. The molecule has 0 unspecified atom stereocenters. The van der Waals surface area contributed by atoms with E-state index in [0.29, 0.717) is 0 Å². The molecule has 18 heavy (non-hydrogen) atoms. The summed E-state index contributed by atoms with van der Waals surface area (Å²) in [6.07, 6.45) is 2.70. The molecular formula is C15H21N3. The zero-order valence-corrected chi connectivity index (χ0v) is 11.2. The number of rotatable bonds is 6. The number of likely N-dealkylation sites (N-methyl/N-ethyl adjacent to an activating group) is 1. The van der Waals surface area contributed by atoms with Gasteiger partial charge in [-0.3, -0.25) is 4.90 Å². The fraction of sp³-hybridized carbons (Fsp3) is 0.533. The van der Waals surface area contributed by atoms with E-state index in [4.69, 9.17) is 5.26 Å². The maximum absolute atomic E-state index is 9.10. The zero-order chi connectivity index (χ0) is 13.0. The molecule has 0 amide bonds. The van der Waals surface area contributed by atoms with E-state index in [0.717, 1.165) is 42.5 Å². The average molecular weight is 243 g/mol. The van der Waals surface area contributed by atoms with Crippen molar-refractivity contribution < 1.29 is 0 Å². The summed E-state index contributed by atoms with van der Waals surface area (Å²) >= 11 is 0. The van der Waals surface area contributed by atoms with Crippen LogP contribution in [0, 0.1) is 18.3 Å². The highest BCUT2D eigenvalue weighted by Crippen LogP contribution is 2.26. The van der Waals surface area contributed by atoms with Crippen molar-refractivity contribution in [3.63, 3.8) is 0 Å². The summed E-state index contributed by atoms with van der Waals surface area (Å²) in [7, 11) is 0. The maximum Gasteiger partial charge on any atom is 0.101 e. The number of para-hydroxylation sites is 1. The van der Waals surface area contributed by atoms with E-state index < -0.39 is 0 Å². The van der Waals surface area contributed by atoms with E-state index >= 15 is 0 Å². The Labute approximate surface area is 109 Å². The van der Waals surface area contributed by atoms with E-state index in [-0.39, 0.29) is 0 Å². The summed E-state index contributed by atoms with van der Waals surface area (Å²) < 4.78 is 0. The van der Waals surface area contributed by atoms with Gasteiger partial charge < -0.3 is 5.32 Å². The van der Waals surface area contributed by atoms with Crippen molar-refractivity contribution in [1.82, 2.24) is 4.90 Å². The number of nitrogens with one attached hydrogen (secondary N) is 1. The van der Waals surface area contributed by atoms with Crippen LogP contribution in [-0.4, -0.2) is 30.6 Å². The first-order valence-electron chi connectivity index (χ1n) is 6.74. The Bertz CT molecular complexity index is 444. The predicted octanol–water partition coefficient (Wildman–Crippen LogP) is 2.76. The van der Waals surface area contributed by atoms with Gasteiger partial charge in [-0.05, 0) is 37.9 Å². The predicted molar refractivity (Wildman–Crippen MR) is 74.7 cm³/mol. The number of hydrogen-bond donors (Lipinski definition) is 1. The van der Waals surface area contributed by atoms with Gasteiger partial charge in [0.15, 0.2) is 0 Å². The largest absolute Gasteiger partial charge is 0.382 e. The van der Waals surface area contributed by atoms with Crippen LogP contribution in [0.25, 0.3) is 0 Å². The highest BCUT2D eigenvalue weighted by atomic mass is 15.2. The number of nitrogens with zero attached hydrogens (tertiary/aromatic N) is 2. The van der Waals surface area contributed by atoms with Gasteiger partial charge in [-0.1, -0.05) is 19.1 Å². The van der Waals surface area contributed by atoms with Crippen LogP contribution >= 0.6 is 0 Å². The fourth-order valence-electron chi connectivity index (χ4n) is 2.36. The molecule has 1 aromatic carbocycles. The molecule has 1 N–H and O–H groups in total. The second-order valence-corrected chi connectivity index (χ2v) is 4.90. The summed E-state index contributed by atoms with van der Waals surface area (Å²) in [5, 5.41) is 12.5. The third-order valence-electron chi connectivity index (χ3n) is 3.56. The molecule has 3 nitrogen and oxygen atoms in total. The molecule has 0 aliphatic heterocycles. The molecule has 2 rings (SSSR count). The van der Waals surface area contributed by atoms with Gasteiger partial charge >= 0.3 is 0 Å². The average Bonchev–Trinajstić information content (AvgIpc) is 3.20. The Balaban J connectivity index is 1.91. The van der Waals surface area contributed by atoms with Crippen LogP contribution in [-0.2, 0) is 0 Å². The second kappa shape index (κ2) is 5.88. The lowest BCUT2D eigenvalue weighted by Gasteiger charge is -2.20. The van der Waals surface area contributed by atoms with E-state index in [1.165, 1.54) is 12.8 Å². The summed E-state index contributed by atoms with van der Waals surface area (Å²) in [5.74, 6) is 0. The molecule has 0 saturated heterocycles. The Morgan fingerprint density at radius 2 is 2.22 bits per heavy atom. The second-order valence-electron chi connectivity index (χ2n) is 4.90. The van der Waals surface area contributed by atoms with Crippen molar-refractivity contribution in [2.75, 3.05) is 25.0 Å². The Morgan fingerprint density at radius 3 is 2.83 bits per heavy atom. The van der Waals surface area contributed by atoms with Crippen molar-refractivity contribution in [3.8, 4) is 6.07 Å². The highest BCUT2D eigenvalue weighted by molar-refractivity contribution is 5.62. The molecule has 1 fully saturated rings. The number of benzene rings is 1. The number of aryl methyl sites for hydroxylation is 1. The molecule has 0 spiro atoms. The van der Waals surface area contributed by atoms with Gasteiger partial charge in [-0.25, -0.2) is 0 Å².